The second kappa shape index (κ2) is 5.31. The number of carbonyl (C=O) groups excluding carboxylic acids is 1. The highest BCUT2D eigenvalue weighted by molar-refractivity contribution is 9.11. The van der Waals surface area contributed by atoms with Crippen molar-refractivity contribution in [1.29, 1.82) is 0 Å². The fraction of sp³-hybridized carbons (Fsp3) is 0.200. The number of carbonyl (C=O) groups is 1. The standard InChI is InChI=1S/C10H8BrF3N2O/c1-6(11)4-16-9(17)7-2-3-8(15-5-7)10(12,13)14/h2-3,5H,1,4H2,(H,16,17). The fourth-order valence-corrected chi connectivity index (χ4v) is 1.11. The number of rotatable bonds is 3. The summed E-state index contributed by atoms with van der Waals surface area (Å²) < 4.78 is 37.1. The minimum atomic E-state index is -4.50. The molecule has 0 saturated carbocycles. The number of pyridine rings is 1. The molecule has 7 heteroatoms. The Morgan fingerprint density at radius 1 is 1.47 bits per heavy atom. The van der Waals surface area contributed by atoms with Crippen molar-refractivity contribution in [1.82, 2.24) is 10.3 Å². The van der Waals surface area contributed by atoms with Crippen molar-refractivity contribution in [2.24, 2.45) is 0 Å². The zero-order valence-corrected chi connectivity index (χ0v) is 10.1. The summed E-state index contributed by atoms with van der Waals surface area (Å²) in [5.41, 5.74) is -0.967. The maximum Gasteiger partial charge on any atom is 0.433 e. The SMILES string of the molecule is C=C(Br)CNC(=O)c1ccc(C(F)(F)F)nc1. The van der Waals surface area contributed by atoms with E-state index in [1.807, 2.05) is 0 Å². The number of aromatic nitrogens is 1. The third-order valence-electron chi connectivity index (χ3n) is 1.76. The molecule has 1 aromatic heterocycles. The first kappa shape index (κ1) is 13.7. The van der Waals surface area contributed by atoms with Gasteiger partial charge >= 0.3 is 6.18 Å². The summed E-state index contributed by atoms with van der Waals surface area (Å²) in [5, 5.41) is 2.45. The molecule has 17 heavy (non-hydrogen) atoms. The van der Waals surface area contributed by atoms with Crippen LogP contribution < -0.4 is 5.32 Å². The molecule has 0 fully saturated rings. The van der Waals surface area contributed by atoms with E-state index in [0.29, 0.717) is 4.48 Å². The van der Waals surface area contributed by atoms with Crippen molar-refractivity contribution in [3.8, 4) is 0 Å². The van der Waals surface area contributed by atoms with Crippen LogP contribution in [0.25, 0.3) is 0 Å². The molecule has 0 radical (unpaired) electrons. The van der Waals surface area contributed by atoms with E-state index in [1.165, 1.54) is 0 Å². The van der Waals surface area contributed by atoms with E-state index >= 15 is 0 Å². The van der Waals surface area contributed by atoms with Gasteiger partial charge in [0, 0.05) is 17.2 Å². The maximum atomic E-state index is 12.2. The summed E-state index contributed by atoms with van der Waals surface area (Å²) in [6, 6.07) is 1.83. The van der Waals surface area contributed by atoms with E-state index in [4.69, 9.17) is 0 Å². The average Bonchev–Trinajstić information content (AvgIpc) is 2.25. The summed E-state index contributed by atoms with van der Waals surface area (Å²) in [6.07, 6.45) is -3.62. The van der Waals surface area contributed by atoms with Gasteiger partial charge in [-0.2, -0.15) is 13.2 Å². The Balaban J connectivity index is 2.74. The van der Waals surface area contributed by atoms with Gasteiger partial charge in [-0.1, -0.05) is 22.5 Å². The molecule has 0 bridgehead atoms. The van der Waals surface area contributed by atoms with Crippen LogP contribution in [0.15, 0.2) is 29.4 Å². The lowest BCUT2D eigenvalue weighted by molar-refractivity contribution is -0.141. The Bertz CT molecular complexity index is 428. The van der Waals surface area contributed by atoms with Crippen molar-refractivity contribution < 1.29 is 18.0 Å². The highest BCUT2D eigenvalue weighted by Crippen LogP contribution is 2.27. The van der Waals surface area contributed by atoms with Crippen molar-refractivity contribution in [2.75, 3.05) is 6.54 Å². The highest BCUT2D eigenvalue weighted by atomic mass is 79.9. The van der Waals surface area contributed by atoms with E-state index in [-0.39, 0.29) is 12.1 Å². The molecule has 1 rings (SSSR count). The normalized spacial score (nSPS) is 11.1. The molecule has 0 aromatic carbocycles. The monoisotopic (exact) mass is 308 g/mol. The molecule has 0 aliphatic heterocycles. The first-order chi connectivity index (χ1) is 7.80. The van der Waals surface area contributed by atoms with Gasteiger partial charge in [0.1, 0.15) is 5.69 Å². The molecule has 0 unspecified atom stereocenters. The van der Waals surface area contributed by atoms with Crippen LogP contribution in [0.3, 0.4) is 0 Å². The van der Waals surface area contributed by atoms with Gasteiger partial charge in [0.25, 0.3) is 5.91 Å². The molecule has 3 nitrogen and oxygen atoms in total. The van der Waals surface area contributed by atoms with Crippen LogP contribution in [0.1, 0.15) is 16.1 Å². The molecule has 0 saturated heterocycles. The molecule has 0 aliphatic rings. The Hall–Kier alpha value is -1.37. The van der Waals surface area contributed by atoms with Crippen molar-refractivity contribution in [2.45, 2.75) is 6.18 Å². The fourth-order valence-electron chi connectivity index (χ4n) is 0.974. The minimum absolute atomic E-state index is 0.0618. The topological polar surface area (TPSA) is 42.0 Å². The molecule has 0 aliphatic carbocycles. The zero-order valence-electron chi connectivity index (χ0n) is 8.51. The number of amides is 1. The number of hydrogen-bond donors (Lipinski definition) is 1. The molecule has 1 heterocycles. The van der Waals surface area contributed by atoms with Crippen LogP contribution in [0.5, 0.6) is 0 Å². The Morgan fingerprint density at radius 3 is 2.53 bits per heavy atom. The molecule has 1 amide bonds. The lowest BCUT2D eigenvalue weighted by Gasteiger charge is -2.07. The lowest BCUT2D eigenvalue weighted by Crippen LogP contribution is -2.24. The Morgan fingerprint density at radius 2 is 2.12 bits per heavy atom. The van der Waals surface area contributed by atoms with Crippen molar-refractivity contribution in [3.63, 3.8) is 0 Å². The number of nitrogens with one attached hydrogen (secondary N) is 1. The molecular weight excluding hydrogens is 301 g/mol. The molecule has 0 spiro atoms. The summed E-state index contributed by atoms with van der Waals surface area (Å²) in [7, 11) is 0. The van der Waals surface area contributed by atoms with Crippen molar-refractivity contribution in [3.05, 3.63) is 40.6 Å². The van der Waals surface area contributed by atoms with Gasteiger partial charge in [-0.3, -0.25) is 9.78 Å². The van der Waals surface area contributed by atoms with Gasteiger partial charge in [0.2, 0.25) is 0 Å². The number of hydrogen-bond acceptors (Lipinski definition) is 2. The summed E-state index contributed by atoms with van der Waals surface area (Å²) in [5.74, 6) is -0.508. The number of alkyl halides is 3. The summed E-state index contributed by atoms with van der Waals surface area (Å²) in [4.78, 5) is 14.6. The quantitative estimate of drug-likeness (QED) is 0.933. The van der Waals surface area contributed by atoms with Gasteiger partial charge in [0.15, 0.2) is 0 Å². The van der Waals surface area contributed by atoms with Crippen LogP contribution in [-0.4, -0.2) is 17.4 Å². The third-order valence-corrected chi connectivity index (χ3v) is 2.04. The van der Waals surface area contributed by atoms with E-state index in [9.17, 15) is 18.0 Å². The van der Waals surface area contributed by atoms with E-state index in [1.54, 1.807) is 0 Å². The predicted octanol–water partition coefficient (Wildman–Crippen LogP) is 2.74. The maximum absolute atomic E-state index is 12.2. The van der Waals surface area contributed by atoms with E-state index in [0.717, 1.165) is 18.3 Å². The Labute approximate surface area is 104 Å². The van der Waals surface area contributed by atoms with Gasteiger partial charge in [-0.15, -0.1) is 0 Å². The zero-order chi connectivity index (χ0) is 13.1. The highest BCUT2D eigenvalue weighted by Gasteiger charge is 2.32. The summed E-state index contributed by atoms with van der Waals surface area (Å²) >= 11 is 3.04. The second-order valence-corrected chi connectivity index (χ2v) is 4.25. The second-order valence-electron chi connectivity index (χ2n) is 3.13. The van der Waals surface area contributed by atoms with Crippen LogP contribution in [-0.2, 0) is 6.18 Å². The minimum Gasteiger partial charge on any atom is -0.347 e. The first-order valence-electron chi connectivity index (χ1n) is 4.45. The first-order valence-corrected chi connectivity index (χ1v) is 5.24. The van der Waals surface area contributed by atoms with E-state index in [2.05, 4.69) is 32.8 Å². The van der Waals surface area contributed by atoms with Gasteiger partial charge < -0.3 is 5.32 Å². The van der Waals surface area contributed by atoms with Crippen LogP contribution in [0.4, 0.5) is 13.2 Å². The Kier molecular flexibility index (Phi) is 4.28. The van der Waals surface area contributed by atoms with Gasteiger partial charge in [-0.05, 0) is 12.1 Å². The average molecular weight is 309 g/mol. The van der Waals surface area contributed by atoms with Crippen LogP contribution in [0, 0.1) is 0 Å². The van der Waals surface area contributed by atoms with Gasteiger partial charge in [0.05, 0.1) is 5.56 Å². The molecule has 1 aromatic rings. The molecule has 92 valence electrons. The largest absolute Gasteiger partial charge is 0.433 e. The molecular formula is C10H8BrF3N2O. The third kappa shape index (κ3) is 4.18. The lowest BCUT2D eigenvalue weighted by atomic mass is 10.2. The molecule has 1 N–H and O–H groups in total. The van der Waals surface area contributed by atoms with E-state index < -0.39 is 17.8 Å². The smallest absolute Gasteiger partial charge is 0.347 e. The molecule has 0 atom stereocenters. The van der Waals surface area contributed by atoms with Crippen LogP contribution >= 0.6 is 15.9 Å². The van der Waals surface area contributed by atoms with Gasteiger partial charge in [-0.25, -0.2) is 0 Å². The van der Waals surface area contributed by atoms with Crippen LogP contribution in [0.2, 0.25) is 0 Å². The van der Waals surface area contributed by atoms with Crippen molar-refractivity contribution >= 4 is 21.8 Å². The predicted molar refractivity (Wildman–Crippen MR) is 59.6 cm³/mol. The summed E-state index contributed by atoms with van der Waals surface area (Å²) in [6.45, 7) is 3.70. The number of nitrogens with zero attached hydrogens (tertiary/aromatic N) is 1. The number of halogens is 4.